The molecule has 5 unspecified atom stereocenters. The zero-order valence-corrected chi connectivity index (χ0v) is 20.8. The van der Waals surface area contributed by atoms with Crippen molar-refractivity contribution in [3.8, 4) is 5.75 Å². The first kappa shape index (κ1) is 23.6. The Morgan fingerprint density at radius 2 is 2.00 bits per heavy atom. The second-order valence-corrected chi connectivity index (χ2v) is 11.7. The number of aliphatic hydroxyl groups excluding tert-OH is 1. The summed E-state index contributed by atoms with van der Waals surface area (Å²) in [5.41, 5.74) is -0.884. The lowest BCUT2D eigenvalue weighted by molar-refractivity contribution is -0.178. The van der Waals surface area contributed by atoms with E-state index in [4.69, 9.17) is 4.74 Å². The van der Waals surface area contributed by atoms with Crippen LogP contribution in [0.3, 0.4) is 0 Å². The van der Waals surface area contributed by atoms with Crippen LogP contribution in [0.25, 0.3) is 10.9 Å². The largest absolute Gasteiger partial charge is 0.483 e. The van der Waals surface area contributed by atoms with Gasteiger partial charge in [0.2, 0.25) is 5.78 Å². The first-order chi connectivity index (χ1) is 17.2. The summed E-state index contributed by atoms with van der Waals surface area (Å²) < 4.78 is 5.93. The zero-order valence-electron chi connectivity index (χ0n) is 20.8. The number of aromatic nitrogens is 1. The molecule has 0 saturated heterocycles. The highest BCUT2D eigenvalue weighted by molar-refractivity contribution is 6.01. The molecule has 4 aliphatic rings. The van der Waals surface area contributed by atoms with E-state index in [1.165, 1.54) is 0 Å². The fraction of sp³-hybridized carbons (Fsp3) is 0.500. The number of pyridine rings is 1. The third-order valence-corrected chi connectivity index (χ3v) is 10.1. The summed E-state index contributed by atoms with van der Waals surface area (Å²) in [6.07, 6.45) is 9.47. The number of carbonyl (C=O) groups is 2. The van der Waals surface area contributed by atoms with E-state index < -0.39 is 17.1 Å². The van der Waals surface area contributed by atoms with Crippen LogP contribution in [-0.4, -0.2) is 45.1 Å². The van der Waals surface area contributed by atoms with Gasteiger partial charge in [0.25, 0.3) is 0 Å². The predicted octanol–water partition coefficient (Wildman–Crippen LogP) is 4.19. The van der Waals surface area contributed by atoms with Crippen molar-refractivity contribution in [2.75, 3.05) is 6.61 Å². The van der Waals surface area contributed by atoms with E-state index in [1.807, 2.05) is 37.3 Å². The molecule has 1 aromatic carbocycles. The van der Waals surface area contributed by atoms with E-state index in [2.05, 4.69) is 11.9 Å². The van der Waals surface area contributed by atoms with Gasteiger partial charge in [0.1, 0.15) is 23.5 Å². The molecule has 188 valence electrons. The summed E-state index contributed by atoms with van der Waals surface area (Å²) in [5.74, 6) is 0.449. The molecule has 0 radical (unpaired) electrons. The van der Waals surface area contributed by atoms with Crippen molar-refractivity contribution in [2.24, 2.45) is 28.6 Å². The minimum Gasteiger partial charge on any atom is -0.483 e. The summed E-state index contributed by atoms with van der Waals surface area (Å²) in [6.45, 7) is 3.87. The van der Waals surface area contributed by atoms with Crippen molar-refractivity contribution in [2.45, 2.75) is 57.7 Å². The van der Waals surface area contributed by atoms with Crippen LogP contribution in [0.15, 0.2) is 60.3 Å². The highest BCUT2D eigenvalue weighted by Crippen LogP contribution is 2.67. The average Bonchev–Trinajstić information content (AvgIpc) is 3.13. The monoisotopic (exact) mass is 487 g/mol. The number of Topliss-reactive ketones (excluding diaryl/α,β-unsaturated/α-hetero) is 1. The van der Waals surface area contributed by atoms with Crippen molar-refractivity contribution in [1.29, 1.82) is 0 Å². The Labute approximate surface area is 211 Å². The van der Waals surface area contributed by atoms with Crippen LogP contribution in [0.1, 0.15) is 46.0 Å². The summed E-state index contributed by atoms with van der Waals surface area (Å²) >= 11 is 0. The standard InChI is InChI=1S/C30H33NO5/c1-28-12-10-20(32)15-19(28)8-9-21-22-11-13-30(35,29(22,2)16-23(33)26(21)28)25(34)17-36-24-7-3-5-18-6-4-14-31-27(18)24/h3-7,10,12,14-15,21-23,26,33,35H,8-9,11,13,16-17H2,1-2H3/t21?,22?,23-,26?,28?,29?,30-/m0/s1. The Morgan fingerprint density at radius 3 is 2.83 bits per heavy atom. The fourth-order valence-corrected chi connectivity index (χ4v) is 8.24. The number of allylic oxidation sites excluding steroid dienone is 4. The molecule has 0 aliphatic heterocycles. The summed E-state index contributed by atoms with van der Waals surface area (Å²) in [6, 6.07) is 9.39. The highest BCUT2D eigenvalue weighted by atomic mass is 16.5. The fourth-order valence-electron chi connectivity index (χ4n) is 8.24. The lowest BCUT2D eigenvalue weighted by Crippen LogP contribution is -2.61. The second-order valence-electron chi connectivity index (χ2n) is 11.7. The zero-order chi connectivity index (χ0) is 25.3. The Kier molecular flexibility index (Phi) is 5.29. The molecule has 0 bridgehead atoms. The third-order valence-electron chi connectivity index (χ3n) is 10.1. The first-order valence-electron chi connectivity index (χ1n) is 13.0. The number of benzene rings is 1. The summed E-state index contributed by atoms with van der Waals surface area (Å²) in [7, 11) is 0. The number of aliphatic hydroxyl groups is 2. The molecular formula is C30H33NO5. The minimum absolute atomic E-state index is 0.0123. The van der Waals surface area contributed by atoms with Gasteiger partial charge in [-0.05, 0) is 68.2 Å². The molecular weight excluding hydrogens is 454 g/mol. The van der Waals surface area contributed by atoms with E-state index in [1.54, 1.807) is 24.4 Å². The first-order valence-corrected chi connectivity index (χ1v) is 13.0. The molecule has 1 aromatic heterocycles. The van der Waals surface area contributed by atoms with Gasteiger partial charge >= 0.3 is 0 Å². The van der Waals surface area contributed by atoms with Crippen LogP contribution in [0.5, 0.6) is 5.75 Å². The van der Waals surface area contributed by atoms with Gasteiger partial charge in [-0.3, -0.25) is 14.6 Å². The Balaban J connectivity index is 1.26. The molecule has 2 aromatic rings. The maximum absolute atomic E-state index is 13.6. The molecule has 4 aliphatic carbocycles. The van der Waals surface area contributed by atoms with Gasteiger partial charge in [0.05, 0.1) is 6.10 Å². The van der Waals surface area contributed by atoms with Crippen LogP contribution < -0.4 is 4.74 Å². The molecule has 1 heterocycles. The van der Waals surface area contributed by atoms with Gasteiger partial charge in [-0.1, -0.05) is 43.7 Å². The van der Waals surface area contributed by atoms with Crippen LogP contribution in [-0.2, 0) is 9.59 Å². The van der Waals surface area contributed by atoms with Gasteiger partial charge in [-0.15, -0.1) is 0 Å². The number of carbonyl (C=O) groups excluding carboxylic acids is 2. The van der Waals surface area contributed by atoms with Gasteiger partial charge in [-0.25, -0.2) is 0 Å². The van der Waals surface area contributed by atoms with Crippen LogP contribution in [0, 0.1) is 28.6 Å². The number of ketones is 2. The Hall–Kier alpha value is -2.83. The van der Waals surface area contributed by atoms with Crippen molar-refractivity contribution in [3.63, 3.8) is 0 Å². The highest BCUT2D eigenvalue weighted by Gasteiger charge is 2.68. The van der Waals surface area contributed by atoms with E-state index >= 15 is 0 Å². The lowest BCUT2D eigenvalue weighted by atomic mass is 9.46. The normalized spacial score (nSPS) is 39.2. The molecule has 6 nitrogen and oxygen atoms in total. The molecule has 2 N–H and O–H groups in total. The maximum Gasteiger partial charge on any atom is 0.202 e. The number of fused-ring (bicyclic) bond motifs is 6. The molecule has 3 fully saturated rings. The van der Waals surface area contributed by atoms with Crippen molar-refractivity contribution >= 4 is 22.5 Å². The maximum atomic E-state index is 13.6. The number of nitrogens with zero attached hydrogens (tertiary/aromatic N) is 1. The molecule has 0 spiro atoms. The topological polar surface area (TPSA) is 96.7 Å². The Morgan fingerprint density at radius 1 is 1.19 bits per heavy atom. The van der Waals surface area contributed by atoms with E-state index in [9.17, 15) is 19.8 Å². The number of para-hydroxylation sites is 1. The average molecular weight is 488 g/mol. The molecule has 3 saturated carbocycles. The number of hydrogen-bond acceptors (Lipinski definition) is 6. The molecule has 6 rings (SSSR count). The van der Waals surface area contributed by atoms with Gasteiger partial charge < -0.3 is 14.9 Å². The second kappa shape index (κ2) is 8.09. The van der Waals surface area contributed by atoms with E-state index in [-0.39, 0.29) is 41.3 Å². The van der Waals surface area contributed by atoms with Crippen LogP contribution in [0.2, 0.25) is 0 Å². The lowest BCUT2D eigenvalue weighted by Gasteiger charge is -2.59. The quantitative estimate of drug-likeness (QED) is 0.671. The van der Waals surface area contributed by atoms with Crippen molar-refractivity contribution < 1.29 is 24.5 Å². The van der Waals surface area contributed by atoms with Crippen LogP contribution in [0.4, 0.5) is 0 Å². The molecule has 0 amide bonds. The van der Waals surface area contributed by atoms with E-state index in [0.29, 0.717) is 24.1 Å². The summed E-state index contributed by atoms with van der Waals surface area (Å²) in [5, 5.41) is 24.4. The molecule has 36 heavy (non-hydrogen) atoms. The van der Waals surface area contributed by atoms with Crippen molar-refractivity contribution in [3.05, 3.63) is 60.3 Å². The molecule has 7 atom stereocenters. The number of ether oxygens (including phenoxy) is 1. The predicted molar refractivity (Wildman–Crippen MR) is 135 cm³/mol. The summed E-state index contributed by atoms with van der Waals surface area (Å²) in [4.78, 5) is 30.0. The van der Waals surface area contributed by atoms with Gasteiger partial charge in [-0.2, -0.15) is 0 Å². The molecule has 6 heteroatoms. The Bertz CT molecular complexity index is 1310. The van der Waals surface area contributed by atoms with E-state index in [0.717, 1.165) is 30.2 Å². The van der Waals surface area contributed by atoms with Gasteiger partial charge in [0, 0.05) is 28.3 Å². The number of hydrogen-bond donors (Lipinski definition) is 2. The SMILES string of the molecule is CC12C=CC(=O)C=C1CCC1C2[C@@H](O)CC2(C)C1CC[C@]2(O)C(=O)COc1cccc2cccnc12. The third kappa shape index (κ3) is 3.20. The minimum atomic E-state index is -1.56. The smallest absolute Gasteiger partial charge is 0.202 e. The van der Waals surface area contributed by atoms with Crippen molar-refractivity contribution in [1.82, 2.24) is 4.98 Å². The van der Waals surface area contributed by atoms with Crippen LogP contribution >= 0.6 is 0 Å². The van der Waals surface area contributed by atoms with Gasteiger partial charge in [0.15, 0.2) is 5.78 Å². The number of rotatable bonds is 4.